The largest absolute Gasteiger partial charge is 0.352 e. The Hall–Kier alpha value is -2.70. The van der Waals surface area contributed by atoms with Gasteiger partial charge in [0.1, 0.15) is 0 Å². The predicted molar refractivity (Wildman–Crippen MR) is 73.5 cm³/mol. The third kappa shape index (κ3) is 3.00. The molecule has 7 nitrogen and oxygen atoms in total. The van der Waals surface area contributed by atoms with E-state index in [4.69, 9.17) is 0 Å². The molecular formula is C13H15N5O2. The molecule has 2 amide bonds. The van der Waals surface area contributed by atoms with E-state index in [9.17, 15) is 9.59 Å². The number of nitrogens with one attached hydrogen (secondary N) is 3. The molecule has 0 spiro atoms. The van der Waals surface area contributed by atoms with Crippen molar-refractivity contribution in [1.29, 1.82) is 0 Å². The first-order valence-corrected chi connectivity index (χ1v) is 6.17. The lowest BCUT2D eigenvalue weighted by atomic mass is 10.1. The highest BCUT2D eigenvalue weighted by atomic mass is 16.2. The molecule has 20 heavy (non-hydrogen) atoms. The molecule has 0 fully saturated rings. The SMILES string of the molecule is CCNC(=O)c1ccc(NC(=O)c2cn[nH]n2)c(C)c1. The average molecular weight is 273 g/mol. The van der Waals surface area contributed by atoms with E-state index >= 15 is 0 Å². The second-order valence-corrected chi connectivity index (χ2v) is 4.20. The Labute approximate surface area is 115 Å². The van der Waals surface area contributed by atoms with Crippen LogP contribution in [0.15, 0.2) is 24.4 Å². The molecule has 104 valence electrons. The van der Waals surface area contributed by atoms with Gasteiger partial charge in [0.15, 0.2) is 5.69 Å². The second-order valence-electron chi connectivity index (χ2n) is 4.20. The summed E-state index contributed by atoms with van der Waals surface area (Å²) < 4.78 is 0. The first kappa shape index (κ1) is 13.7. The number of rotatable bonds is 4. The van der Waals surface area contributed by atoms with Crippen molar-refractivity contribution < 1.29 is 9.59 Å². The van der Waals surface area contributed by atoms with Crippen LogP contribution in [0.2, 0.25) is 0 Å². The standard InChI is InChI=1S/C13H15N5O2/c1-3-14-12(19)9-4-5-10(8(2)6-9)16-13(20)11-7-15-18-17-11/h4-7H,3H2,1-2H3,(H,14,19)(H,16,20)(H,15,17,18). The van der Waals surface area contributed by atoms with E-state index in [0.717, 1.165) is 5.56 Å². The Bertz CT molecular complexity index is 622. The van der Waals surface area contributed by atoms with Gasteiger partial charge < -0.3 is 10.6 Å². The number of carbonyl (C=O) groups excluding carboxylic acids is 2. The van der Waals surface area contributed by atoms with Crippen LogP contribution in [0, 0.1) is 6.92 Å². The molecule has 0 aliphatic rings. The molecule has 0 aliphatic carbocycles. The number of carbonyl (C=O) groups is 2. The molecule has 1 heterocycles. The molecule has 3 N–H and O–H groups in total. The molecular weight excluding hydrogens is 258 g/mol. The molecule has 7 heteroatoms. The fourth-order valence-corrected chi connectivity index (χ4v) is 1.71. The van der Waals surface area contributed by atoms with Gasteiger partial charge in [0, 0.05) is 17.8 Å². The summed E-state index contributed by atoms with van der Waals surface area (Å²) in [7, 11) is 0. The number of aryl methyl sites for hydroxylation is 1. The number of benzene rings is 1. The summed E-state index contributed by atoms with van der Waals surface area (Å²) in [6.07, 6.45) is 1.34. The lowest BCUT2D eigenvalue weighted by Crippen LogP contribution is -2.22. The normalized spacial score (nSPS) is 10.1. The highest BCUT2D eigenvalue weighted by molar-refractivity contribution is 6.03. The minimum absolute atomic E-state index is 0.134. The molecule has 0 aliphatic heterocycles. The maximum atomic E-state index is 11.8. The van der Waals surface area contributed by atoms with Crippen LogP contribution in [0.25, 0.3) is 0 Å². The summed E-state index contributed by atoms with van der Waals surface area (Å²) in [5.41, 5.74) is 2.19. The van der Waals surface area contributed by atoms with E-state index in [2.05, 4.69) is 26.0 Å². The predicted octanol–water partition coefficient (Wildman–Crippen LogP) is 1.12. The topological polar surface area (TPSA) is 99.8 Å². The van der Waals surface area contributed by atoms with Gasteiger partial charge in [-0.25, -0.2) is 0 Å². The highest BCUT2D eigenvalue weighted by Crippen LogP contribution is 2.17. The fourth-order valence-electron chi connectivity index (χ4n) is 1.71. The Kier molecular flexibility index (Phi) is 4.09. The van der Waals surface area contributed by atoms with Crippen LogP contribution in [0.4, 0.5) is 5.69 Å². The molecule has 1 aromatic carbocycles. The van der Waals surface area contributed by atoms with E-state index in [1.165, 1.54) is 6.20 Å². The van der Waals surface area contributed by atoms with Gasteiger partial charge in [-0.3, -0.25) is 9.59 Å². The van der Waals surface area contributed by atoms with Crippen LogP contribution in [-0.2, 0) is 0 Å². The molecule has 0 atom stereocenters. The first-order valence-electron chi connectivity index (χ1n) is 6.17. The van der Waals surface area contributed by atoms with Crippen molar-refractivity contribution in [3.8, 4) is 0 Å². The first-order chi connectivity index (χ1) is 9.61. The lowest BCUT2D eigenvalue weighted by molar-refractivity contribution is 0.0955. The van der Waals surface area contributed by atoms with Gasteiger partial charge in [0.05, 0.1) is 6.20 Å². The van der Waals surface area contributed by atoms with Crippen molar-refractivity contribution >= 4 is 17.5 Å². The maximum Gasteiger partial charge on any atom is 0.277 e. The van der Waals surface area contributed by atoms with Gasteiger partial charge in [-0.15, -0.1) is 0 Å². The second kappa shape index (κ2) is 5.96. The summed E-state index contributed by atoms with van der Waals surface area (Å²) >= 11 is 0. The summed E-state index contributed by atoms with van der Waals surface area (Å²) in [4.78, 5) is 23.5. The number of anilines is 1. The van der Waals surface area contributed by atoms with Gasteiger partial charge >= 0.3 is 0 Å². The van der Waals surface area contributed by atoms with Crippen LogP contribution < -0.4 is 10.6 Å². The zero-order chi connectivity index (χ0) is 14.5. The fraction of sp³-hybridized carbons (Fsp3) is 0.231. The van der Waals surface area contributed by atoms with Crippen molar-refractivity contribution in [2.45, 2.75) is 13.8 Å². The third-order valence-corrected chi connectivity index (χ3v) is 2.72. The number of aromatic amines is 1. The number of aromatic nitrogens is 3. The third-order valence-electron chi connectivity index (χ3n) is 2.72. The molecule has 0 saturated carbocycles. The smallest absolute Gasteiger partial charge is 0.277 e. The zero-order valence-electron chi connectivity index (χ0n) is 11.2. The van der Waals surface area contributed by atoms with Gasteiger partial charge in [-0.2, -0.15) is 15.4 Å². The van der Waals surface area contributed by atoms with Gasteiger partial charge in [0.2, 0.25) is 0 Å². The minimum atomic E-state index is -0.354. The van der Waals surface area contributed by atoms with E-state index < -0.39 is 0 Å². The summed E-state index contributed by atoms with van der Waals surface area (Å²) in [5.74, 6) is -0.488. The van der Waals surface area contributed by atoms with Crippen molar-refractivity contribution in [1.82, 2.24) is 20.7 Å². The zero-order valence-corrected chi connectivity index (χ0v) is 11.2. The number of H-pyrrole nitrogens is 1. The van der Waals surface area contributed by atoms with Crippen LogP contribution >= 0.6 is 0 Å². The number of hydrogen-bond acceptors (Lipinski definition) is 4. The van der Waals surface area contributed by atoms with Crippen molar-refractivity contribution in [2.75, 3.05) is 11.9 Å². The van der Waals surface area contributed by atoms with Crippen LogP contribution in [0.5, 0.6) is 0 Å². The maximum absolute atomic E-state index is 11.8. The summed E-state index contributed by atoms with van der Waals surface area (Å²) in [5, 5.41) is 15.1. The Morgan fingerprint density at radius 1 is 1.30 bits per heavy atom. The van der Waals surface area contributed by atoms with Crippen LogP contribution in [0.1, 0.15) is 33.3 Å². The number of hydrogen-bond donors (Lipinski definition) is 3. The van der Waals surface area contributed by atoms with Gasteiger partial charge in [-0.05, 0) is 37.6 Å². The Balaban J connectivity index is 2.14. The Morgan fingerprint density at radius 3 is 2.70 bits per heavy atom. The summed E-state index contributed by atoms with van der Waals surface area (Å²) in [6.45, 7) is 4.25. The van der Waals surface area contributed by atoms with E-state index in [-0.39, 0.29) is 17.5 Å². The van der Waals surface area contributed by atoms with E-state index in [1.54, 1.807) is 18.2 Å². The average Bonchev–Trinajstić information content (AvgIpc) is 2.95. The van der Waals surface area contributed by atoms with Gasteiger partial charge in [0.25, 0.3) is 11.8 Å². The van der Waals surface area contributed by atoms with Gasteiger partial charge in [-0.1, -0.05) is 0 Å². The van der Waals surface area contributed by atoms with Crippen molar-refractivity contribution in [3.63, 3.8) is 0 Å². The van der Waals surface area contributed by atoms with Crippen molar-refractivity contribution in [2.24, 2.45) is 0 Å². The van der Waals surface area contributed by atoms with Crippen LogP contribution in [-0.4, -0.2) is 33.8 Å². The molecule has 0 unspecified atom stereocenters. The monoisotopic (exact) mass is 273 g/mol. The van der Waals surface area contributed by atoms with E-state index in [0.29, 0.717) is 17.8 Å². The van der Waals surface area contributed by atoms with Crippen molar-refractivity contribution in [3.05, 3.63) is 41.2 Å². The molecule has 0 radical (unpaired) electrons. The number of nitrogens with zero attached hydrogens (tertiary/aromatic N) is 2. The molecule has 1 aromatic heterocycles. The van der Waals surface area contributed by atoms with Crippen LogP contribution in [0.3, 0.4) is 0 Å². The quantitative estimate of drug-likeness (QED) is 0.777. The Morgan fingerprint density at radius 2 is 2.10 bits per heavy atom. The molecule has 0 saturated heterocycles. The number of amides is 2. The highest BCUT2D eigenvalue weighted by Gasteiger charge is 2.12. The van der Waals surface area contributed by atoms with E-state index in [1.807, 2.05) is 13.8 Å². The lowest BCUT2D eigenvalue weighted by Gasteiger charge is -2.09. The molecule has 2 rings (SSSR count). The molecule has 2 aromatic rings. The molecule has 0 bridgehead atoms. The minimum Gasteiger partial charge on any atom is -0.352 e. The summed E-state index contributed by atoms with van der Waals surface area (Å²) in [6, 6.07) is 5.08.